The number of carbonyl (C=O) groups excluding carboxylic acids is 1. The van der Waals surface area contributed by atoms with Crippen molar-refractivity contribution in [1.29, 1.82) is 0 Å². The minimum absolute atomic E-state index is 0.203. The van der Waals surface area contributed by atoms with E-state index in [-0.39, 0.29) is 11.2 Å². The zero-order valence-electron chi connectivity index (χ0n) is 8.66. The topological polar surface area (TPSA) is 65.2 Å². The molecular formula is C10H8N2O3S2. The zero-order chi connectivity index (χ0) is 11.7. The fourth-order valence-electron chi connectivity index (χ4n) is 1.46. The molecule has 17 heavy (non-hydrogen) atoms. The average Bonchev–Trinajstić information content (AvgIpc) is 3.02. The first-order valence-corrected chi connectivity index (χ1v) is 6.79. The normalized spacial score (nSPS) is 19.5. The van der Waals surface area contributed by atoms with Gasteiger partial charge in [0, 0.05) is 6.42 Å². The summed E-state index contributed by atoms with van der Waals surface area (Å²) in [5.74, 6) is 0.291. The lowest BCUT2D eigenvalue weighted by Gasteiger charge is -1.98. The Balaban J connectivity index is 1.75. The highest BCUT2D eigenvalue weighted by atomic mass is 32.2. The van der Waals surface area contributed by atoms with E-state index in [2.05, 4.69) is 10.2 Å². The van der Waals surface area contributed by atoms with Crippen molar-refractivity contribution in [3.05, 3.63) is 17.5 Å². The van der Waals surface area contributed by atoms with E-state index in [0.717, 1.165) is 4.88 Å². The molecule has 1 unspecified atom stereocenters. The summed E-state index contributed by atoms with van der Waals surface area (Å²) in [6.45, 7) is 0.475. The van der Waals surface area contributed by atoms with Gasteiger partial charge in [0.05, 0.1) is 11.5 Å². The summed E-state index contributed by atoms with van der Waals surface area (Å²) in [7, 11) is 0. The molecule has 2 aromatic rings. The van der Waals surface area contributed by atoms with Crippen LogP contribution in [0, 0.1) is 0 Å². The van der Waals surface area contributed by atoms with Crippen LogP contribution in [0.4, 0.5) is 0 Å². The highest BCUT2D eigenvalue weighted by molar-refractivity contribution is 8.00. The van der Waals surface area contributed by atoms with Gasteiger partial charge in [0.1, 0.15) is 5.25 Å². The molecule has 3 rings (SSSR count). The molecule has 0 aliphatic carbocycles. The molecule has 0 bridgehead atoms. The predicted octanol–water partition coefficient (Wildman–Crippen LogP) is 2.21. The maximum absolute atomic E-state index is 11.3. The van der Waals surface area contributed by atoms with E-state index in [1.165, 1.54) is 23.1 Å². The van der Waals surface area contributed by atoms with Crippen molar-refractivity contribution in [3.63, 3.8) is 0 Å². The van der Waals surface area contributed by atoms with Gasteiger partial charge in [-0.15, -0.1) is 21.5 Å². The summed E-state index contributed by atoms with van der Waals surface area (Å²) >= 11 is 2.80. The third-order valence-corrected chi connectivity index (χ3v) is 4.21. The number of hydrogen-bond donors (Lipinski definition) is 0. The summed E-state index contributed by atoms with van der Waals surface area (Å²) < 4.78 is 10.4. The quantitative estimate of drug-likeness (QED) is 0.795. The highest BCUT2D eigenvalue weighted by Gasteiger charge is 2.29. The minimum atomic E-state index is -0.216. The second kappa shape index (κ2) is 4.50. The molecule has 2 aromatic heterocycles. The van der Waals surface area contributed by atoms with Crippen molar-refractivity contribution in [1.82, 2.24) is 10.2 Å². The first-order valence-electron chi connectivity index (χ1n) is 5.03. The molecule has 3 heterocycles. The van der Waals surface area contributed by atoms with Gasteiger partial charge < -0.3 is 9.15 Å². The molecule has 1 aliphatic rings. The van der Waals surface area contributed by atoms with Crippen LogP contribution in [0.25, 0.3) is 10.8 Å². The number of hydrogen-bond acceptors (Lipinski definition) is 7. The molecule has 1 atom stereocenters. The van der Waals surface area contributed by atoms with Crippen molar-refractivity contribution < 1.29 is 13.9 Å². The number of thiophene rings is 1. The first kappa shape index (κ1) is 10.8. The minimum Gasteiger partial charge on any atom is -0.465 e. The van der Waals surface area contributed by atoms with Crippen LogP contribution in [0.15, 0.2) is 27.2 Å². The number of thioether (sulfide) groups is 1. The van der Waals surface area contributed by atoms with Crippen LogP contribution < -0.4 is 0 Å². The Morgan fingerprint density at radius 3 is 3.12 bits per heavy atom. The van der Waals surface area contributed by atoms with Gasteiger partial charge >= 0.3 is 5.97 Å². The molecular weight excluding hydrogens is 260 g/mol. The molecule has 0 aromatic carbocycles. The standard InChI is InChI=1S/C10H8N2O3S2/c13-9-7(3-4-14-9)17-10-12-11-8(15-10)6-2-1-5-16-6/h1-2,5,7H,3-4H2. The first-order chi connectivity index (χ1) is 8.33. The predicted molar refractivity (Wildman–Crippen MR) is 62.8 cm³/mol. The monoisotopic (exact) mass is 268 g/mol. The van der Waals surface area contributed by atoms with Gasteiger partial charge in [0.25, 0.3) is 11.1 Å². The van der Waals surface area contributed by atoms with E-state index >= 15 is 0 Å². The molecule has 0 saturated carbocycles. The molecule has 0 amide bonds. The molecule has 1 aliphatic heterocycles. The molecule has 0 spiro atoms. The summed E-state index contributed by atoms with van der Waals surface area (Å²) in [5.41, 5.74) is 0. The second-order valence-corrected chi connectivity index (χ2v) is 5.51. The SMILES string of the molecule is O=C1OCCC1Sc1nnc(-c2cccs2)o1. The lowest BCUT2D eigenvalue weighted by molar-refractivity contribution is -0.137. The van der Waals surface area contributed by atoms with Crippen molar-refractivity contribution in [2.75, 3.05) is 6.61 Å². The maximum atomic E-state index is 11.3. The summed E-state index contributed by atoms with van der Waals surface area (Å²) in [5, 5.41) is 10.0. The van der Waals surface area contributed by atoms with E-state index in [9.17, 15) is 4.79 Å². The van der Waals surface area contributed by atoms with Gasteiger partial charge in [-0.25, -0.2) is 0 Å². The fourth-order valence-corrected chi connectivity index (χ4v) is 2.94. The van der Waals surface area contributed by atoms with Crippen molar-refractivity contribution >= 4 is 29.1 Å². The number of carbonyl (C=O) groups is 1. The summed E-state index contributed by atoms with van der Waals surface area (Å²) in [4.78, 5) is 12.2. The molecule has 7 heteroatoms. The largest absolute Gasteiger partial charge is 0.465 e. The number of rotatable bonds is 3. The second-order valence-electron chi connectivity index (χ2n) is 3.41. The van der Waals surface area contributed by atoms with Crippen LogP contribution in [-0.4, -0.2) is 28.0 Å². The Bertz CT molecular complexity index is 523. The van der Waals surface area contributed by atoms with E-state index < -0.39 is 0 Å². The van der Waals surface area contributed by atoms with Gasteiger partial charge in [0.2, 0.25) is 0 Å². The number of aromatic nitrogens is 2. The molecule has 0 N–H and O–H groups in total. The maximum Gasteiger partial charge on any atom is 0.319 e. The smallest absolute Gasteiger partial charge is 0.319 e. The Morgan fingerprint density at radius 1 is 1.47 bits per heavy atom. The van der Waals surface area contributed by atoms with Gasteiger partial charge in [-0.3, -0.25) is 4.79 Å². The van der Waals surface area contributed by atoms with Crippen molar-refractivity contribution in [2.24, 2.45) is 0 Å². The fraction of sp³-hybridized carbons (Fsp3) is 0.300. The van der Waals surface area contributed by atoms with E-state index in [0.29, 0.717) is 24.1 Å². The van der Waals surface area contributed by atoms with Crippen molar-refractivity contribution in [2.45, 2.75) is 16.9 Å². The van der Waals surface area contributed by atoms with Crippen LogP contribution in [0.5, 0.6) is 0 Å². The third-order valence-electron chi connectivity index (χ3n) is 2.27. The molecule has 1 fully saturated rings. The lowest BCUT2D eigenvalue weighted by Crippen LogP contribution is -2.09. The van der Waals surface area contributed by atoms with Crippen LogP contribution >= 0.6 is 23.1 Å². The summed E-state index contributed by atoms with van der Waals surface area (Å²) in [6.07, 6.45) is 0.695. The number of cyclic esters (lactones) is 1. The Labute approximate surface area is 105 Å². The molecule has 0 radical (unpaired) electrons. The van der Waals surface area contributed by atoms with E-state index in [4.69, 9.17) is 9.15 Å². The van der Waals surface area contributed by atoms with Gasteiger partial charge in [-0.2, -0.15) is 0 Å². The highest BCUT2D eigenvalue weighted by Crippen LogP contribution is 2.31. The van der Waals surface area contributed by atoms with Crippen LogP contribution in [0.3, 0.4) is 0 Å². The summed E-state index contributed by atoms with van der Waals surface area (Å²) in [6, 6.07) is 3.84. The third kappa shape index (κ3) is 2.20. The van der Waals surface area contributed by atoms with Gasteiger partial charge in [0.15, 0.2) is 0 Å². The Hall–Kier alpha value is -1.34. The van der Waals surface area contributed by atoms with Crippen LogP contribution in [-0.2, 0) is 9.53 Å². The lowest BCUT2D eigenvalue weighted by atomic mass is 10.4. The van der Waals surface area contributed by atoms with Crippen molar-refractivity contribution in [3.8, 4) is 10.8 Å². The van der Waals surface area contributed by atoms with Gasteiger partial charge in [-0.05, 0) is 23.2 Å². The number of nitrogens with zero attached hydrogens (tertiary/aromatic N) is 2. The molecule has 5 nitrogen and oxygen atoms in total. The van der Waals surface area contributed by atoms with Crippen LogP contribution in [0.2, 0.25) is 0 Å². The Kier molecular flexibility index (Phi) is 2.86. The van der Waals surface area contributed by atoms with E-state index in [1.807, 2.05) is 17.5 Å². The number of esters is 1. The van der Waals surface area contributed by atoms with Gasteiger partial charge in [-0.1, -0.05) is 6.07 Å². The number of ether oxygens (including phenoxy) is 1. The Morgan fingerprint density at radius 2 is 2.41 bits per heavy atom. The molecule has 88 valence electrons. The van der Waals surface area contributed by atoms with E-state index in [1.54, 1.807) is 0 Å². The molecule has 1 saturated heterocycles. The average molecular weight is 268 g/mol. The zero-order valence-corrected chi connectivity index (χ0v) is 10.3. The van der Waals surface area contributed by atoms with Crippen LogP contribution in [0.1, 0.15) is 6.42 Å².